The molecule has 0 saturated carbocycles. The number of fused-ring (bicyclic) bond motifs is 1. The van der Waals surface area contributed by atoms with E-state index in [4.69, 9.17) is 0 Å². The summed E-state index contributed by atoms with van der Waals surface area (Å²) in [6.45, 7) is 5.41. The summed E-state index contributed by atoms with van der Waals surface area (Å²) >= 11 is 0. The fourth-order valence-corrected chi connectivity index (χ4v) is 2.76. The maximum absolute atomic E-state index is 12.5. The van der Waals surface area contributed by atoms with Crippen LogP contribution >= 0.6 is 0 Å². The Kier molecular flexibility index (Phi) is 5.80. The molecule has 0 aliphatic carbocycles. The van der Waals surface area contributed by atoms with Gasteiger partial charge < -0.3 is 9.88 Å². The van der Waals surface area contributed by atoms with Crippen molar-refractivity contribution in [2.75, 3.05) is 6.54 Å². The smallest absolute Gasteiger partial charge is 0.265 e. The molecule has 2 aromatic heterocycles. The Morgan fingerprint density at radius 1 is 1.19 bits per heavy atom. The Morgan fingerprint density at radius 2 is 2.00 bits per heavy atom. The lowest BCUT2D eigenvalue weighted by atomic mass is 10.1. The molecule has 7 nitrogen and oxygen atoms in total. The fraction of sp³-hybridized carbons (Fsp3) is 0.300. The highest BCUT2D eigenvalue weighted by molar-refractivity contribution is 5.90. The van der Waals surface area contributed by atoms with Gasteiger partial charge >= 0.3 is 0 Å². The van der Waals surface area contributed by atoms with Gasteiger partial charge in [0.1, 0.15) is 6.33 Å². The summed E-state index contributed by atoms with van der Waals surface area (Å²) in [5.74, 6) is -0.232. The van der Waals surface area contributed by atoms with E-state index in [1.54, 1.807) is 12.5 Å². The van der Waals surface area contributed by atoms with Gasteiger partial charge in [-0.05, 0) is 49.9 Å². The van der Waals surface area contributed by atoms with Crippen molar-refractivity contribution < 1.29 is 4.79 Å². The number of nitrogens with one attached hydrogen (secondary N) is 1. The number of nitrogens with zero attached hydrogens (tertiary/aromatic N) is 4. The Bertz CT molecular complexity index is 1020. The van der Waals surface area contributed by atoms with Gasteiger partial charge in [-0.15, -0.1) is 0 Å². The molecule has 0 atom stereocenters. The quantitative estimate of drug-likeness (QED) is 0.514. The van der Waals surface area contributed by atoms with Crippen LogP contribution in [0.2, 0.25) is 0 Å². The summed E-state index contributed by atoms with van der Waals surface area (Å²) in [4.78, 5) is 32.8. The molecule has 1 N–H and O–H groups in total. The van der Waals surface area contributed by atoms with Crippen LogP contribution < -0.4 is 10.9 Å². The maximum atomic E-state index is 12.5. The first kappa shape index (κ1) is 18.6. The number of rotatable bonds is 7. The third-order valence-electron chi connectivity index (χ3n) is 4.49. The summed E-state index contributed by atoms with van der Waals surface area (Å²) in [7, 11) is 0. The lowest BCUT2D eigenvalue weighted by Gasteiger charge is -2.05. The molecule has 27 heavy (non-hydrogen) atoms. The average molecular weight is 365 g/mol. The van der Waals surface area contributed by atoms with E-state index < -0.39 is 0 Å². The second-order valence-electron chi connectivity index (χ2n) is 6.52. The third kappa shape index (κ3) is 4.69. The van der Waals surface area contributed by atoms with E-state index in [1.807, 2.05) is 36.7 Å². The molecular weight excluding hydrogens is 342 g/mol. The van der Waals surface area contributed by atoms with Crippen LogP contribution in [-0.4, -0.2) is 31.6 Å². The van der Waals surface area contributed by atoms with Gasteiger partial charge in [0.25, 0.3) is 5.56 Å². The standard InChI is InChI=1S/C20H23N5O2/c1-15-11-17-18(12-16(15)2)23-14-25(20(17)27)9-5-19(26)22-6-3-4-8-24-10-7-21-13-24/h5,7,9-14H,3-4,6,8H2,1-2H3,(H,22,26). The maximum Gasteiger partial charge on any atom is 0.265 e. The first-order valence-corrected chi connectivity index (χ1v) is 8.94. The van der Waals surface area contributed by atoms with Gasteiger partial charge in [0.2, 0.25) is 5.91 Å². The number of carbonyl (C=O) groups is 1. The van der Waals surface area contributed by atoms with Crippen molar-refractivity contribution in [3.63, 3.8) is 0 Å². The summed E-state index contributed by atoms with van der Waals surface area (Å²) < 4.78 is 3.33. The highest BCUT2D eigenvalue weighted by Gasteiger charge is 2.05. The Labute approximate surface area is 157 Å². The zero-order chi connectivity index (χ0) is 19.2. The van der Waals surface area contributed by atoms with E-state index in [1.165, 1.54) is 23.2 Å². The molecule has 1 aromatic carbocycles. The molecule has 140 valence electrons. The monoisotopic (exact) mass is 365 g/mol. The summed E-state index contributed by atoms with van der Waals surface area (Å²) in [6.07, 6.45) is 11.5. The molecule has 0 radical (unpaired) electrons. The second kappa shape index (κ2) is 8.44. The normalized spacial score (nSPS) is 11.3. The van der Waals surface area contributed by atoms with Gasteiger partial charge in [-0.1, -0.05) is 0 Å². The molecule has 0 aliphatic heterocycles. The number of carbonyl (C=O) groups excluding carboxylic acids is 1. The number of amides is 1. The molecule has 0 bridgehead atoms. The van der Waals surface area contributed by atoms with Gasteiger partial charge in [0.15, 0.2) is 0 Å². The SMILES string of the molecule is Cc1cc2ncn(C=CC(=O)NCCCCn3ccnc3)c(=O)c2cc1C. The van der Waals surface area contributed by atoms with Crippen molar-refractivity contribution in [2.45, 2.75) is 33.2 Å². The molecule has 0 saturated heterocycles. The van der Waals surface area contributed by atoms with Crippen molar-refractivity contribution in [1.82, 2.24) is 24.4 Å². The van der Waals surface area contributed by atoms with Crippen molar-refractivity contribution in [3.05, 3.63) is 64.7 Å². The molecule has 1 amide bonds. The van der Waals surface area contributed by atoms with E-state index in [0.717, 1.165) is 30.5 Å². The van der Waals surface area contributed by atoms with Crippen molar-refractivity contribution in [3.8, 4) is 0 Å². The van der Waals surface area contributed by atoms with E-state index in [0.29, 0.717) is 17.4 Å². The van der Waals surface area contributed by atoms with Gasteiger partial charge in [-0.25, -0.2) is 9.97 Å². The van der Waals surface area contributed by atoms with Crippen LogP contribution in [0.3, 0.4) is 0 Å². The number of hydrogen-bond acceptors (Lipinski definition) is 4. The van der Waals surface area contributed by atoms with Crippen LogP contribution in [0.5, 0.6) is 0 Å². The van der Waals surface area contributed by atoms with Crippen LogP contribution in [-0.2, 0) is 11.3 Å². The molecule has 0 unspecified atom stereocenters. The number of benzene rings is 1. The van der Waals surface area contributed by atoms with Crippen LogP contribution in [0, 0.1) is 13.8 Å². The molecule has 0 spiro atoms. The molecule has 0 fully saturated rings. The van der Waals surface area contributed by atoms with Gasteiger partial charge in [-0.2, -0.15) is 0 Å². The van der Waals surface area contributed by atoms with Crippen molar-refractivity contribution in [2.24, 2.45) is 0 Å². The zero-order valence-corrected chi connectivity index (χ0v) is 15.6. The molecule has 0 aliphatic rings. The minimum atomic E-state index is -0.232. The predicted molar refractivity (Wildman–Crippen MR) is 105 cm³/mol. The van der Waals surface area contributed by atoms with Crippen molar-refractivity contribution >= 4 is 23.0 Å². The van der Waals surface area contributed by atoms with Gasteiger partial charge in [-0.3, -0.25) is 14.2 Å². The lowest BCUT2D eigenvalue weighted by molar-refractivity contribution is -0.116. The highest BCUT2D eigenvalue weighted by Crippen LogP contribution is 2.14. The van der Waals surface area contributed by atoms with Gasteiger partial charge in [0, 0.05) is 37.8 Å². The largest absolute Gasteiger partial charge is 0.353 e. The number of aryl methyl sites for hydroxylation is 3. The first-order chi connectivity index (χ1) is 13.0. The second-order valence-corrected chi connectivity index (χ2v) is 6.52. The topological polar surface area (TPSA) is 81.8 Å². The van der Waals surface area contributed by atoms with E-state index in [-0.39, 0.29) is 11.5 Å². The number of hydrogen-bond donors (Lipinski definition) is 1. The van der Waals surface area contributed by atoms with Crippen molar-refractivity contribution in [1.29, 1.82) is 0 Å². The Balaban J connectivity index is 1.55. The van der Waals surface area contributed by atoms with E-state index in [2.05, 4.69) is 15.3 Å². The number of aromatic nitrogens is 4. The molecule has 2 heterocycles. The first-order valence-electron chi connectivity index (χ1n) is 8.94. The fourth-order valence-electron chi connectivity index (χ4n) is 2.76. The Morgan fingerprint density at radius 3 is 2.78 bits per heavy atom. The number of unbranched alkanes of at least 4 members (excludes halogenated alkanes) is 1. The van der Waals surface area contributed by atoms with Crippen LogP contribution in [0.25, 0.3) is 17.1 Å². The van der Waals surface area contributed by atoms with Crippen LogP contribution in [0.4, 0.5) is 0 Å². The minimum absolute atomic E-state index is 0.188. The zero-order valence-electron chi connectivity index (χ0n) is 15.6. The third-order valence-corrected chi connectivity index (χ3v) is 4.49. The van der Waals surface area contributed by atoms with Gasteiger partial charge in [0.05, 0.1) is 17.2 Å². The van der Waals surface area contributed by atoms with Crippen LogP contribution in [0.1, 0.15) is 24.0 Å². The summed E-state index contributed by atoms with van der Waals surface area (Å²) in [5, 5.41) is 3.37. The van der Waals surface area contributed by atoms with E-state index in [9.17, 15) is 9.59 Å². The summed E-state index contributed by atoms with van der Waals surface area (Å²) in [6, 6.07) is 3.74. The van der Waals surface area contributed by atoms with E-state index >= 15 is 0 Å². The predicted octanol–water partition coefficient (Wildman–Crippen LogP) is 2.28. The average Bonchev–Trinajstić information content (AvgIpc) is 3.16. The molecule has 3 rings (SSSR count). The molecular formula is C20H23N5O2. The van der Waals surface area contributed by atoms with Crippen LogP contribution in [0.15, 0.2) is 48.1 Å². The molecule has 3 aromatic rings. The number of imidazole rings is 1. The Hall–Kier alpha value is -3.22. The molecule has 7 heteroatoms. The lowest BCUT2D eigenvalue weighted by Crippen LogP contribution is -2.23. The summed E-state index contributed by atoms with van der Waals surface area (Å²) in [5.41, 5.74) is 2.61. The minimum Gasteiger partial charge on any atom is -0.353 e. The highest BCUT2D eigenvalue weighted by atomic mass is 16.1.